The van der Waals surface area contributed by atoms with Crippen molar-refractivity contribution in [2.24, 2.45) is 10.6 Å². The van der Waals surface area contributed by atoms with Crippen molar-refractivity contribution < 1.29 is 21.6 Å². The third-order valence-electron chi connectivity index (χ3n) is 1.78. The van der Waals surface area contributed by atoms with E-state index in [0.29, 0.717) is 0 Å². The maximum Gasteiger partial charge on any atom is 0.394 e. The van der Waals surface area contributed by atoms with Crippen LogP contribution in [0.1, 0.15) is 20.3 Å². The molecule has 0 fully saturated rings. The van der Waals surface area contributed by atoms with Crippen molar-refractivity contribution >= 4 is 10.0 Å². The summed E-state index contributed by atoms with van der Waals surface area (Å²) in [5, 5.41) is 4.59. The van der Waals surface area contributed by atoms with E-state index < -0.39 is 33.8 Å². The van der Waals surface area contributed by atoms with Gasteiger partial charge in [0.2, 0.25) is 10.0 Å². The molecule has 0 unspecified atom stereocenters. The molecule has 0 aliphatic carbocycles. The third-order valence-corrected chi connectivity index (χ3v) is 2.55. The van der Waals surface area contributed by atoms with E-state index in [0.717, 1.165) is 13.8 Å². The molecule has 80 valence electrons. The van der Waals surface area contributed by atoms with Gasteiger partial charge in [-0.05, 0) is 6.42 Å². The number of primary sulfonamides is 1. The maximum absolute atomic E-state index is 12.2. The average Bonchev–Trinajstić information content (AvgIpc) is 1.79. The second-order valence-corrected chi connectivity index (χ2v) is 5.23. The van der Waals surface area contributed by atoms with Crippen molar-refractivity contribution in [2.45, 2.75) is 26.4 Å². The van der Waals surface area contributed by atoms with Gasteiger partial charge < -0.3 is 0 Å². The Morgan fingerprint density at radius 3 is 1.85 bits per heavy atom. The van der Waals surface area contributed by atoms with E-state index in [2.05, 4.69) is 5.14 Å². The minimum Gasteiger partial charge on any atom is -0.229 e. The predicted octanol–water partition coefficient (Wildman–Crippen LogP) is 1.25. The van der Waals surface area contributed by atoms with E-state index >= 15 is 0 Å². The lowest BCUT2D eigenvalue weighted by molar-refractivity contribution is -0.211. The molecule has 0 aromatic carbocycles. The molecule has 0 aromatic heterocycles. The highest BCUT2D eigenvalue weighted by Crippen LogP contribution is 2.40. The van der Waals surface area contributed by atoms with E-state index in [1.807, 2.05) is 0 Å². The summed E-state index contributed by atoms with van der Waals surface area (Å²) in [7, 11) is -3.82. The van der Waals surface area contributed by atoms with Gasteiger partial charge in [0.05, 0.1) is 11.2 Å². The summed E-state index contributed by atoms with van der Waals surface area (Å²) in [6, 6.07) is 0. The molecule has 0 atom stereocenters. The molecule has 0 saturated carbocycles. The lowest BCUT2D eigenvalue weighted by Gasteiger charge is -2.26. The topological polar surface area (TPSA) is 60.2 Å². The summed E-state index contributed by atoms with van der Waals surface area (Å²) in [4.78, 5) is 0. The second-order valence-electron chi connectivity index (χ2n) is 3.50. The van der Waals surface area contributed by atoms with Gasteiger partial charge in [0.1, 0.15) is 0 Å². The van der Waals surface area contributed by atoms with Gasteiger partial charge in [-0.1, -0.05) is 13.8 Å². The van der Waals surface area contributed by atoms with Crippen LogP contribution in [0.25, 0.3) is 0 Å². The van der Waals surface area contributed by atoms with Gasteiger partial charge in [0.15, 0.2) is 0 Å². The summed E-state index contributed by atoms with van der Waals surface area (Å²) >= 11 is 0. The minimum atomic E-state index is -4.41. The predicted molar refractivity (Wildman–Crippen MR) is 42.4 cm³/mol. The molecule has 0 amide bonds. The number of nitrogens with two attached hydrogens (primary N) is 1. The molecule has 2 N–H and O–H groups in total. The van der Waals surface area contributed by atoms with E-state index in [1.54, 1.807) is 0 Å². The van der Waals surface area contributed by atoms with E-state index in [4.69, 9.17) is 0 Å². The normalized spacial score (nSPS) is 14.6. The van der Waals surface area contributed by atoms with Gasteiger partial charge in [-0.3, -0.25) is 0 Å². The molecule has 0 aromatic rings. The highest BCUT2D eigenvalue weighted by molar-refractivity contribution is 7.89. The number of sulfonamides is 1. The maximum atomic E-state index is 12.2. The largest absolute Gasteiger partial charge is 0.394 e. The van der Waals surface area contributed by atoms with Crippen LogP contribution in [0, 0.1) is 5.41 Å². The zero-order valence-corrected chi connectivity index (χ0v) is 8.17. The van der Waals surface area contributed by atoms with Gasteiger partial charge in [-0.2, -0.15) is 13.2 Å². The zero-order chi connectivity index (χ0) is 10.9. The van der Waals surface area contributed by atoms with Gasteiger partial charge in [-0.15, -0.1) is 0 Å². The van der Waals surface area contributed by atoms with Crippen LogP contribution >= 0.6 is 0 Å². The molecule has 0 spiro atoms. The molecule has 3 nitrogen and oxygen atoms in total. The molecular formula is C6H12F3NO2S. The first-order chi connectivity index (χ1) is 5.46. The molecule has 0 bridgehead atoms. The van der Waals surface area contributed by atoms with Gasteiger partial charge in [0.25, 0.3) is 0 Å². The third kappa shape index (κ3) is 4.47. The number of hydrogen-bond acceptors (Lipinski definition) is 2. The first-order valence-corrected chi connectivity index (χ1v) is 5.24. The van der Waals surface area contributed by atoms with Crippen LogP contribution in [0.3, 0.4) is 0 Å². The van der Waals surface area contributed by atoms with Crippen LogP contribution in [0.4, 0.5) is 13.2 Å². The molecule has 0 heterocycles. The Kier molecular flexibility index (Phi) is 3.37. The Morgan fingerprint density at radius 1 is 1.23 bits per heavy atom. The standard InChI is InChI=1S/C6H12F3NO2S/c1-5(2,6(7,8)9)3-4-13(10,11)12/h3-4H2,1-2H3,(H2,10,11,12). The van der Waals surface area contributed by atoms with E-state index in [-0.39, 0.29) is 0 Å². The van der Waals surface area contributed by atoms with Crippen LogP contribution in [-0.2, 0) is 10.0 Å². The summed E-state index contributed by atoms with van der Waals surface area (Å²) < 4.78 is 57.3. The lowest BCUT2D eigenvalue weighted by Crippen LogP contribution is -2.34. The molecule has 0 saturated heterocycles. The quantitative estimate of drug-likeness (QED) is 0.776. The fourth-order valence-corrected chi connectivity index (χ4v) is 1.33. The Bertz CT molecular complexity index is 268. The molecule has 0 radical (unpaired) electrons. The van der Waals surface area contributed by atoms with Crippen molar-refractivity contribution in [2.75, 3.05) is 5.75 Å². The Balaban J connectivity index is 4.38. The summed E-state index contributed by atoms with van der Waals surface area (Å²) in [5.41, 5.74) is -2.01. The van der Waals surface area contributed by atoms with E-state index in [1.165, 1.54) is 0 Å². The van der Waals surface area contributed by atoms with Crippen LogP contribution in [0.15, 0.2) is 0 Å². The molecule has 0 aliphatic heterocycles. The average molecular weight is 219 g/mol. The molecule has 0 aliphatic rings. The van der Waals surface area contributed by atoms with Gasteiger partial charge in [0, 0.05) is 0 Å². The highest BCUT2D eigenvalue weighted by atomic mass is 32.2. The van der Waals surface area contributed by atoms with Crippen LogP contribution in [0.2, 0.25) is 0 Å². The number of hydrogen-bond donors (Lipinski definition) is 1. The second kappa shape index (κ2) is 3.45. The van der Waals surface area contributed by atoms with E-state index in [9.17, 15) is 21.6 Å². The first-order valence-electron chi connectivity index (χ1n) is 3.53. The fraction of sp³-hybridized carbons (Fsp3) is 1.00. The molecule has 13 heavy (non-hydrogen) atoms. The Hall–Kier alpha value is -0.300. The van der Waals surface area contributed by atoms with Gasteiger partial charge >= 0.3 is 6.18 Å². The lowest BCUT2D eigenvalue weighted by atomic mass is 9.90. The minimum absolute atomic E-state index is 0.519. The zero-order valence-electron chi connectivity index (χ0n) is 7.35. The highest BCUT2D eigenvalue weighted by Gasteiger charge is 2.47. The number of rotatable bonds is 3. The van der Waals surface area contributed by atoms with Gasteiger partial charge in [-0.25, -0.2) is 13.6 Å². The Labute approximate surface area is 75.2 Å². The van der Waals surface area contributed by atoms with Crippen molar-refractivity contribution in [1.82, 2.24) is 0 Å². The summed E-state index contributed by atoms with van der Waals surface area (Å²) in [5.74, 6) is -0.653. The monoisotopic (exact) mass is 219 g/mol. The van der Waals surface area contributed by atoms with Crippen molar-refractivity contribution in [3.05, 3.63) is 0 Å². The number of halogens is 3. The van der Waals surface area contributed by atoms with Crippen LogP contribution < -0.4 is 5.14 Å². The smallest absolute Gasteiger partial charge is 0.229 e. The SMILES string of the molecule is CC(C)(CCS(N)(=O)=O)C(F)(F)F. The van der Waals surface area contributed by atoms with Crippen molar-refractivity contribution in [1.29, 1.82) is 0 Å². The molecule has 0 rings (SSSR count). The van der Waals surface area contributed by atoms with Crippen LogP contribution in [-0.4, -0.2) is 20.3 Å². The molecular weight excluding hydrogens is 207 g/mol. The first kappa shape index (κ1) is 12.7. The summed E-state index contributed by atoms with van der Waals surface area (Å²) in [6.07, 6.45) is -4.92. The molecule has 7 heteroatoms. The fourth-order valence-electron chi connectivity index (χ4n) is 0.539. The number of alkyl halides is 3. The Morgan fingerprint density at radius 2 is 1.62 bits per heavy atom. The van der Waals surface area contributed by atoms with Crippen molar-refractivity contribution in [3.63, 3.8) is 0 Å². The summed E-state index contributed by atoms with van der Waals surface area (Å²) in [6.45, 7) is 1.89. The van der Waals surface area contributed by atoms with Crippen LogP contribution in [0.5, 0.6) is 0 Å². The van der Waals surface area contributed by atoms with Crippen molar-refractivity contribution in [3.8, 4) is 0 Å².